The first kappa shape index (κ1) is 19.4. The Morgan fingerprint density at radius 2 is 2.00 bits per heavy atom. The molecule has 2 atom stereocenters. The Labute approximate surface area is 172 Å². The monoisotopic (exact) mass is 384 g/mol. The van der Waals surface area contributed by atoms with Crippen molar-refractivity contribution in [2.45, 2.75) is 45.6 Å². The minimum atomic E-state index is -0.424. The number of aryl methyl sites for hydroxylation is 1. The second-order valence-electron chi connectivity index (χ2n) is 8.05. The number of aromatic nitrogens is 1. The molecule has 1 aromatic heterocycles. The van der Waals surface area contributed by atoms with Crippen molar-refractivity contribution in [3.63, 3.8) is 0 Å². The van der Waals surface area contributed by atoms with Gasteiger partial charge in [-0.15, -0.1) is 0 Å². The average molecular weight is 385 g/mol. The van der Waals surface area contributed by atoms with E-state index in [1.54, 1.807) is 6.07 Å². The lowest BCUT2D eigenvalue weighted by molar-refractivity contribution is 0.413. The SMILES string of the molecule is C/C=C1\[C@H]2C=C(C)C[C@]1(/N=C/C=C/c1ccc(CC)cc1)c1ccc(=O)[nH]c1C2. The average Bonchev–Trinajstić information content (AvgIpc) is 2.71. The Kier molecular flexibility index (Phi) is 5.23. The third kappa shape index (κ3) is 3.57. The number of hydrogen-bond acceptors (Lipinski definition) is 2. The van der Waals surface area contributed by atoms with Crippen molar-refractivity contribution in [1.82, 2.24) is 4.98 Å². The van der Waals surface area contributed by atoms with Crippen molar-refractivity contribution in [2.75, 3.05) is 0 Å². The molecule has 0 amide bonds. The van der Waals surface area contributed by atoms with Gasteiger partial charge in [0.1, 0.15) is 5.54 Å². The van der Waals surface area contributed by atoms with E-state index in [-0.39, 0.29) is 5.56 Å². The van der Waals surface area contributed by atoms with Gasteiger partial charge in [0, 0.05) is 35.9 Å². The molecule has 0 aliphatic heterocycles. The standard InChI is InChI=1S/C26H28N2O/c1-4-19-8-10-20(11-9-19)7-6-14-27-26-17-18(3)15-21(22(26)5-2)16-24-23(26)12-13-25(29)28-24/h5-15,21H,4,16-17H2,1-3H3,(H,28,29)/b7-6+,22-5+,27-14+/t21-,26+/m0/s1. The molecule has 1 heterocycles. The van der Waals surface area contributed by atoms with Gasteiger partial charge in [0.25, 0.3) is 0 Å². The first-order chi connectivity index (χ1) is 14.1. The molecule has 0 spiro atoms. The molecule has 1 N–H and O–H groups in total. The largest absolute Gasteiger partial charge is 0.326 e. The molecule has 4 rings (SSSR count). The van der Waals surface area contributed by atoms with Crippen LogP contribution in [0.15, 0.2) is 75.6 Å². The Bertz CT molecular complexity index is 1080. The lowest BCUT2D eigenvalue weighted by Crippen LogP contribution is -2.40. The van der Waals surface area contributed by atoms with Crippen LogP contribution < -0.4 is 5.56 Å². The highest BCUT2D eigenvalue weighted by molar-refractivity contribution is 5.79. The van der Waals surface area contributed by atoms with Crippen molar-refractivity contribution in [3.05, 3.63) is 98.5 Å². The normalized spacial score (nSPS) is 24.9. The van der Waals surface area contributed by atoms with Crippen LogP contribution in [0.4, 0.5) is 0 Å². The predicted molar refractivity (Wildman–Crippen MR) is 121 cm³/mol. The highest BCUT2D eigenvalue weighted by Gasteiger charge is 2.46. The molecule has 0 saturated carbocycles. The third-order valence-electron chi connectivity index (χ3n) is 6.14. The highest BCUT2D eigenvalue weighted by atomic mass is 16.1. The molecular formula is C26H28N2O. The Morgan fingerprint density at radius 3 is 2.72 bits per heavy atom. The van der Waals surface area contributed by atoms with Gasteiger partial charge < -0.3 is 4.98 Å². The second-order valence-corrected chi connectivity index (χ2v) is 8.05. The number of hydrogen-bond donors (Lipinski definition) is 1. The summed E-state index contributed by atoms with van der Waals surface area (Å²) >= 11 is 0. The Balaban J connectivity index is 1.72. The maximum absolute atomic E-state index is 11.9. The molecule has 1 aromatic carbocycles. The molecule has 0 unspecified atom stereocenters. The van der Waals surface area contributed by atoms with Crippen molar-refractivity contribution >= 4 is 12.3 Å². The number of pyridine rings is 1. The maximum Gasteiger partial charge on any atom is 0.248 e. The van der Waals surface area contributed by atoms with E-state index in [2.05, 4.69) is 68.2 Å². The number of fused-ring (bicyclic) bond motifs is 4. The highest BCUT2D eigenvalue weighted by Crippen LogP contribution is 2.51. The lowest BCUT2D eigenvalue weighted by atomic mass is 9.63. The van der Waals surface area contributed by atoms with Crippen molar-refractivity contribution in [2.24, 2.45) is 10.9 Å². The molecule has 0 radical (unpaired) electrons. The number of benzene rings is 1. The van der Waals surface area contributed by atoms with E-state index in [1.165, 1.54) is 22.3 Å². The number of nitrogens with one attached hydrogen (secondary N) is 1. The molecule has 2 bridgehead atoms. The summed E-state index contributed by atoms with van der Waals surface area (Å²) in [5.74, 6) is 0.294. The van der Waals surface area contributed by atoms with E-state index in [4.69, 9.17) is 4.99 Å². The third-order valence-corrected chi connectivity index (χ3v) is 6.14. The van der Waals surface area contributed by atoms with E-state index >= 15 is 0 Å². The zero-order valence-electron chi connectivity index (χ0n) is 17.4. The minimum Gasteiger partial charge on any atom is -0.326 e. The maximum atomic E-state index is 11.9. The fraction of sp³-hybridized carbons (Fsp3) is 0.308. The zero-order valence-corrected chi connectivity index (χ0v) is 17.4. The number of nitrogens with zero attached hydrogens (tertiary/aromatic N) is 1. The summed E-state index contributed by atoms with van der Waals surface area (Å²) in [6.07, 6.45) is 13.3. The van der Waals surface area contributed by atoms with Crippen LogP contribution in [0.1, 0.15) is 49.6 Å². The number of aliphatic imine (C=N–C) groups is 1. The quantitative estimate of drug-likeness (QED) is 0.558. The fourth-order valence-electron chi connectivity index (χ4n) is 4.84. The summed E-state index contributed by atoms with van der Waals surface area (Å²) in [6, 6.07) is 12.2. The van der Waals surface area contributed by atoms with E-state index in [1.807, 2.05) is 18.4 Å². The predicted octanol–water partition coefficient (Wildman–Crippen LogP) is 5.39. The van der Waals surface area contributed by atoms with Gasteiger partial charge in [0.05, 0.1) is 0 Å². The van der Waals surface area contributed by atoms with Crippen molar-refractivity contribution in [3.8, 4) is 0 Å². The van der Waals surface area contributed by atoms with E-state index in [0.717, 1.165) is 30.5 Å². The topological polar surface area (TPSA) is 45.2 Å². The van der Waals surface area contributed by atoms with Gasteiger partial charge in [-0.3, -0.25) is 9.79 Å². The van der Waals surface area contributed by atoms with Gasteiger partial charge in [-0.2, -0.15) is 0 Å². The van der Waals surface area contributed by atoms with Gasteiger partial charge in [-0.1, -0.05) is 55.0 Å². The molecule has 3 heteroatoms. The molecule has 29 heavy (non-hydrogen) atoms. The summed E-state index contributed by atoms with van der Waals surface area (Å²) in [5, 5.41) is 0. The number of H-pyrrole nitrogens is 1. The molecule has 3 nitrogen and oxygen atoms in total. The van der Waals surface area contributed by atoms with E-state index in [9.17, 15) is 4.79 Å². The minimum absolute atomic E-state index is 0.0407. The van der Waals surface area contributed by atoms with Crippen molar-refractivity contribution < 1.29 is 0 Å². The number of allylic oxidation sites excluding steroid dienone is 3. The smallest absolute Gasteiger partial charge is 0.248 e. The van der Waals surface area contributed by atoms with Gasteiger partial charge in [0.2, 0.25) is 5.56 Å². The summed E-state index contributed by atoms with van der Waals surface area (Å²) in [6.45, 7) is 6.45. The molecule has 0 saturated heterocycles. The summed E-state index contributed by atoms with van der Waals surface area (Å²) < 4.78 is 0. The Morgan fingerprint density at radius 1 is 1.21 bits per heavy atom. The lowest BCUT2D eigenvalue weighted by Gasteiger charge is -2.45. The van der Waals surface area contributed by atoms with Gasteiger partial charge in [-0.25, -0.2) is 0 Å². The molecular weight excluding hydrogens is 356 g/mol. The number of rotatable bonds is 4. The van der Waals surface area contributed by atoms with Crippen LogP contribution in [-0.4, -0.2) is 11.2 Å². The van der Waals surface area contributed by atoms with E-state index in [0.29, 0.717) is 5.92 Å². The Hall–Kier alpha value is -2.94. The van der Waals surface area contributed by atoms with Crippen LogP contribution in [0, 0.1) is 5.92 Å². The van der Waals surface area contributed by atoms with Gasteiger partial charge in [0.15, 0.2) is 0 Å². The molecule has 0 fully saturated rings. The molecule has 2 aromatic rings. The zero-order chi connectivity index (χ0) is 20.4. The second kappa shape index (κ2) is 7.82. The van der Waals surface area contributed by atoms with Gasteiger partial charge >= 0.3 is 0 Å². The summed E-state index contributed by atoms with van der Waals surface area (Å²) in [4.78, 5) is 20.1. The molecule has 2 aliphatic rings. The van der Waals surface area contributed by atoms with Crippen LogP contribution in [-0.2, 0) is 18.4 Å². The molecule has 2 aliphatic carbocycles. The van der Waals surface area contributed by atoms with Crippen LogP contribution in [0.25, 0.3) is 6.08 Å². The van der Waals surface area contributed by atoms with Gasteiger partial charge in [-0.05, 0) is 55.5 Å². The first-order valence-electron chi connectivity index (χ1n) is 10.4. The number of aromatic amines is 1. The summed E-state index contributed by atoms with van der Waals surface area (Å²) in [7, 11) is 0. The van der Waals surface area contributed by atoms with Crippen molar-refractivity contribution in [1.29, 1.82) is 0 Å². The first-order valence-corrected chi connectivity index (χ1v) is 10.4. The molecule has 148 valence electrons. The van der Waals surface area contributed by atoms with Crippen LogP contribution in [0.2, 0.25) is 0 Å². The fourth-order valence-corrected chi connectivity index (χ4v) is 4.84. The van der Waals surface area contributed by atoms with Crippen LogP contribution >= 0.6 is 0 Å². The van der Waals surface area contributed by atoms with Crippen LogP contribution in [0.3, 0.4) is 0 Å². The van der Waals surface area contributed by atoms with Crippen LogP contribution in [0.5, 0.6) is 0 Å². The summed E-state index contributed by atoms with van der Waals surface area (Å²) in [5.41, 5.74) is 6.89. The van der Waals surface area contributed by atoms with E-state index < -0.39 is 5.54 Å².